The Bertz CT molecular complexity index is 900. The van der Waals surface area contributed by atoms with Gasteiger partial charge in [0.25, 0.3) is 0 Å². The number of para-hydroxylation sites is 1. The number of H-pyrrole nitrogens is 1. The normalized spacial score (nSPS) is 17.7. The molecule has 0 saturated heterocycles. The number of hydrogen-bond acceptors (Lipinski definition) is 6. The van der Waals surface area contributed by atoms with Gasteiger partial charge in [-0.25, -0.2) is 17.3 Å². The van der Waals surface area contributed by atoms with Crippen molar-refractivity contribution in [1.29, 1.82) is 0 Å². The van der Waals surface area contributed by atoms with Crippen LogP contribution in [-0.4, -0.2) is 42.2 Å². The molecule has 12 heteroatoms. The summed E-state index contributed by atoms with van der Waals surface area (Å²) in [6, 6.07) is 6.76. The van der Waals surface area contributed by atoms with Crippen LogP contribution in [0.3, 0.4) is 0 Å². The van der Waals surface area contributed by atoms with Crippen LogP contribution in [0.1, 0.15) is 0 Å². The van der Waals surface area contributed by atoms with Gasteiger partial charge in [-0.2, -0.15) is 0 Å². The van der Waals surface area contributed by atoms with Crippen LogP contribution in [0.25, 0.3) is 10.9 Å². The van der Waals surface area contributed by atoms with Crippen molar-refractivity contribution in [3.8, 4) is 0 Å². The molecule has 2 aromatic rings. The van der Waals surface area contributed by atoms with Gasteiger partial charge >= 0.3 is 15.4 Å². The topological polar surface area (TPSA) is 143 Å². The highest BCUT2D eigenvalue weighted by Gasteiger charge is 2.30. The maximum atomic E-state index is 12.3. The van der Waals surface area contributed by atoms with Crippen LogP contribution in [0.15, 0.2) is 35.4 Å². The molecule has 2 rings (SSSR count). The Balaban J connectivity index is 2.08. The van der Waals surface area contributed by atoms with Crippen molar-refractivity contribution in [2.45, 2.75) is 4.90 Å². The Kier molecular flexibility index (Phi) is 5.18. The van der Waals surface area contributed by atoms with Gasteiger partial charge in [0.15, 0.2) is 9.84 Å². The van der Waals surface area contributed by atoms with Crippen molar-refractivity contribution in [2.24, 2.45) is 0 Å². The minimum absolute atomic E-state index is 0.0358. The summed E-state index contributed by atoms with van der Waals surface area (Å²) in [4.78, 5) is 21.0. The van der Waals surface area contributed by atoms with Crippen LogP contribution in [0.5, 0.6) is 0 Å². The van der Waals surface area contributed by atoms with Crippen molar-refractivity contribution < 1.29 is 36.2 Å². The van der Waals surface area contributed by atoms with Crippen molar-refractivity contribution in [3.05, 3.63) is 30.5 Å². The number of aromatic amines is 1. The van der Waals surface area contributed by atoms with E-state index in [1.54, 1.807) is 24.3 Å². The fraction of sp³-hybridized carbons (Fsp3) is 0.273. The van der Waals surface area contributed by atoms with Gasteiger partial charge in [-0.1, -0.05) is 18.2 Å². The molecule has 128 valence electrons. The standard InChI is InChI=1S/C11H15NO8P2S/c1-21(13,14)20-22(15,16)19-6-7-23(17,18)11-8-12-10-5-3-2-4-9(10)11/h2-5,8,12H,6-7H2,1H3,(H,13,14)(H,15,16). The fourth-order valence-corrected chi connectivity index (χ4v) is 5.33. The van der Waals surface area contributed by atoms with Crippen LogP contribution in [-0.2, 0) is 27.8 Å². The third-order valence-electron chi connectivity index (χ3n) is 2.75. The first-order valence-electron chi connectivity index (χ1n) is 6.28. The highest BCUT2D eigenvalue weighted by molar-refractivity contribution is 7.91. The number of phosphoric acid groups is 1. The molecule has 23 heavy (non-hydrogen) atoms. The second-order valence-electron chi connectivity index (χ2n) is 4.70. The predicted molar refractivity (Wildman–Crippen MR) is 83.0 cm³/mol. The molecule has 2 unspecified atom stereocenters. The van der Waals surface area contributed by atoms with E-state index in [4.69, 9.17) is 4.89 Å². The molecule has 1 heterocycles. The zero-order valence-electron chi connectivity index (χ0n) is 11.9. The van der Waals surface area contributed by atoms with Crippen LogP contribution >= 0.6 is 15.4 Å². The molecule has 9 nitrogen and oxygen atoms in total. The van der Waals surface area contributed by atoms with E-state index >= 15 is 0 Å². The minimum atomic E-state index is -4.81. The number of benzene rings is 1. The first-order valence-corrected chi connectivity index (χ1v) is 11.5. The molecular weight excluding hydrogens is 368 g/mol. The lowest BCUT2D eigenvalue weighted by molar-refractivity contribution is 0.206. The van der Waals surface area contributed by atoms with E-state index in [1.165, 1.54) is 6.20 Å². The zero-order valence-corrected chi connectivity index (χ0v) is 14.6. The lowest BCUT2D eigenvalue weighted by atomic mass is 10.2. The molecule has 0 bridgehead atoms. The Morgan fingerprint density at radius 3 is 2.52 bits per heavy atom. The minimum Gasteiger partial charge on any atom is -0.360 e. The molecule has 3 N–H and O–H groups in total. The van der Waals surface area contributed by atoms with E-state index in [0.717, 1.165) is 0 Å². The summed E-state index contributed by atoms with van der Waals surface area (Å²) < 4.78 is 55.3. The number of hydrogen-bond donors (Lipinski definition) is 3. The molecular formula is C11H15NO8P2S. The predicted octanol–water partition coefficient (Wildman–Crippen LogP) is 1.89. The van der Waals surface area contributed by atoms with Crippen LogP contribution in [0.4, 0.5) is 0 Å². The summed E-state index contributed by atoms with van der Waals surface area (Å²) in [6.07, 6.45) is 1.32. The molecule has 0 aliphatic heterocycles. The van der Waals surface area contributed by atoms with Gasteiger partial charge in [0.2, 0.25) is 0 Å². The molecule has 2 atom stereocenters. The largest absolute Gasteiger partial charge is 0.479 e. The highest BCUT2D eigenvalue weighted by Crippen LogP contribution is 2.57. The highest BCUT2D eigenvalue weighted by atomic mass is 32.2. The summed E-state index contributed by atoms with van der Waals surface area (Å²) in [5.74, 6) is -0.595. The van der Waals surface area contributed by atoms with E-state index in [2.05, 4.69) is 13.8 Å². The first-order chi connectivity index (χ1) is 10.5. The Labute approximate surface area is 132 Å². The summed E-state index contributed by atoms with van der Waals surface area (Å²) in [5.41, 5.74) is 0.635. The molecule has 0 amide bonds. The van der Waals surface area contributed by atoms with E-state index in [9.17, 15) is 22.4 Å². The number of nitrogens with one attached hydrogen (secondary N) is 1. The summed E-state index contributed by atoms with van der Waals surface area (Å²) >= 11 is 0. The summed E-state index contributed by atoms with van der Waals surface area (Å²) in [5, 5.41) is 0.490. The van der Waals surface area contributed by atoms with Gasteiger partial charge in [-0.05, 0) is 6.07 Å². The van der Waals surface area contributed by atoms with Crippen molar-refractivity contribution in [2.75, 3.05) is 19.0 Å². The quantitative estimate of drug-likeness (QED) is 0.615. The third-order valence-corrected chi connectivity index (χ3v) is 7.01. The molecule has 0 spiro atoms. The molecule has 1 aromatic heterocycles. The summed E-state index contributed by atoms with van der Waals surface area (Å²) in [6.45, 7) is 0.0392. The average Bonchev–Trinajstić information content (AvgIpc) is 2.79. The number of sulfone groups is 1. The van der Waals surface area contributed by atoms with E-state index < -0.39 is 37.6 Å². The molecule has 0 aliphatic rings. The second-order valence-corrected chi connectivity index (χ2v) is 10.2. The number of aromatic nitrogens is 1. The zero-order chi connectivity index (χ0) is 17.3. The first kappa shape index (κ1) is 18.4. The van der Waals surface area contributed by atoms with E-state index in [-0.39, 0.29) is 4.90 Å². The van der Waals surface area contributed by atoms with Gasteiger partial charge in [-0.15, -0.1) is 0 Å². The van der Waals surface area contributed by atoms with Crippen molar-refractivity contribution in [1.82, 2.24) is 4.98 Å². The third kappa shape index (κ3) is 4.99. The number of phosphoric ester groups is 1. The Morgan fingerprint density at radius 2 is 1.87 bits per heavy atom. The molecule has 0 saturated carbocycles. The van der Waals surface area contributed by atoms with Gasteiger partial charge in [0, 0.05) is 23.8 Å². The maximum Gasteiger partial charge on any atom is 0.479 e. The smallest absolute Gasteiger partial charge is 0.360 e. The van der Waals surface area contributed by atoms with E-state index in [0.29, 0.717) is 17.6 Å². The molecule has 1 aromatic carbocycles. The number of rotatable bonds is 7. The second kappa shape index (κ2) is 6.49. The number of fused-ring (bicyclic) bond motifs is 1. The Morgan fingerprint density at radius 1 is 1.22 bits per heavy atom. The molecule has 0 radical (unpaired) electrons. The lowest BCUT2D eigenvalue weighted by Crippen LogP contribution is -2.12. The molecule has 0 fully saturated rings. The fourth-order valence-electron chi connectivity index (χ4n) is 1.89. The molecule has 0 aliphatic carbocycles. The monoisotopic (exact) mass is 383 g/mol. The van der Waals surface area contributed by atoms with Gasteiger partial charge in [0.1, 0.15) is 0 Å². The SMILES string of the molecule is CP(=O)(O)OP(=O)(O)OCCS(=O)(=O)c1c[nH]c2ccccc12. The van der Waals surface area contributed by atoms with Crippen molar-refractivity contribution in [3.63, 3.8) is 0 Å². The maximum absolute atomic E-state index is 12.3. The van der Waals surface area contributed by atoms with Gasteiger partial charge in [0.05, 0.1) is 17.3 Å². The summed E-state index contributed by atoms with van der Waals surface area (Å²) in [7, 11) is -12.8. The van der Waals surface area contributed by atoms with Gasteiger partial charge < -0.3 is 14.8 Å². The van der Waals surface area contributed by atoms with E-state index in [1.807, 2.05) is 0 Å². The van der Waals surface area contributed by atoms with Crippen LogP contribution < -0.4 is 0 Å². The van der Waals surface area contributed by atoms with Gasteiger partial charge in [-0.3, -0.25) is 9.09 Å². The Hall–Kier alpha value is -0.990. The van der Waals surface area contributed by atoms with Crippen LogP contribution in [0.2, 0.25) is 0 Å². The lowest BCUT2D eigenvalue weighted by Gasteiger charge is -2.13. The average molecular weight is 383 g/mol. The van der Waals surface area contributed by atoms with Crippen LogP contribution in [0, 0.1) is 0 Å². The van der Waals surface area contributed by atoms with Crippen molar-refractivity contribution >= 4 is 36.2 Å².